The maximum atomic E-state index is 13.5. The van der Waals surface area contributed by atoms with Crippen LogP contribution in [-0.4, -0.2) is 6.10 Å². The second-order valence-corrected chi connectivity index (χ2v) is 10.4. The fourth-order valence-electron chi connectivity index (χ4n) is 6.41. The molecule has 0 amide bonds. The first kappa shape index (κ1) is 22.8. The van der Waals surface area contributed by atoms with E-state index in [1.807, 2.05) is 0 Å². The zero-order chi connectivity index (χ0) is 21.6. The lowest BCUT2D eigenvalue weighted by Gasteiger charge is -2.38. The second-order valence-electron chi connectivity index (χ2n) is 10.4. The van der Waals surface area contributed by atoms with Gasteiger partial charge in [-0.25, -0.2) is 8.78 Å². The van der Waals surface area contributed by atoms with E-state index >= 15 is 0 Å². The van der Waals surface area contributed by atoms with Gasteiger partial charge in [-0.05, 0) is 92.7 Å². The van der Waals surface area contributed by atoms with Crippen LogP contribution in [0.25, 0.3) is 0 Å². The van der Waals surface area contributed by atoms with Gasteiger partial charge in [0.25, 0.3) is 0 Å². The zero-order valence-corrected chi connectivity index (χ0v) is 19.3. The van der Waals surface area contributed by atoms with E-state index < -0.39 is 11.6 Å². The third kappa shape index (κ3) is 6.11. The van der Waals surface area contributed by atoms with Gasteiger partial charge >= 0.3 is 0 Å². The van der Waals surface area contributed by atoms with Gasteiger partial charge in [-0.1, -0.05) is 51.5 Å². The van der Waals surface area contributed by atoms with Gasteiger partial charge in [-0.15, -0.1) is 0 Å². The van der Waals surface area contributed by atoms with Crippen LogP contribution >= 0.6 is 0 Å². The monoisotopic (exact) mass is 430 g/mol. The van der Waals surface area contributed by atoms with Crippen molar-refractivity contribution < 1.29 is 13.5 Å². The van der Waals surface area contributed by atoms with Crippen molar-refractivity contribution in [3.63, 3.8) is 0 Å². The number of halogens is 2. The van der Waals surface area contributed by atoms with E-state index in [9.17, 15) is 8.78 Å². The first-order valence-corrected chi connectivity index (χ1v) is 12.9. The smallest absolute Gasteiger partial charge is 0.162 e. The lowest BCUT2D eigenvalue weighted by atomic mass is 9.68. The number of hydrogen-bond acceptors (Lipinski definition) is 1. The summed E-state index contributed by atoms with van der Waals surface area (Å²) in [6.45, 7) is 2.33. The molecule has 172 valence electrons. The molecule has 2 fully saturated rings. The Morgan fingerprint density at radius 2 is 1.45 bits per heavy atom. The third-order valence-corrected chi connectivity index (χ3v) is 8.32. The average Bonchev–Trinajstić information content (AvgIpc) is 2.79. The highest BCUT2D eigenvalue weighted by molar-refractivity contribution is 5.37. The SMILES string of the molecule is CCCC1CCC(C2CCC(CC/C=C/C3CCc4cc(F)c(F)cc4O3)CC2)CC1. The predicted octanol–water partition coefficient (Wildman–Crippen LogP) is 8.41. The van der Waals surface area contributed by atoms with Crippen LogP contribution in [0.4, 0.5) is 8.78 Å². The normalized spacial score (nSPS) is 31.4. The van der Waals surface area contributed by atoms with E-state index in [1.165, 1.54) is 82.8 Å². The standard InChI is InChI=1S/C28H40F2O/c1-2-5-20-8-12-22(13-9-20)23-14-10-21(11-15-23)6-3-4-7-25-17-16-24-18-26(29)27(30)19-28(24)31-25/h4,7,18-23,25H,2-3,5-6,8-17H2,1H3/b7-4+. The molecule has 1 aromatic carbocycles. The van der Waals surface area contributed by atoms with Gasteiger partial charge in [0.05, 0.1) is 0 Å². The lowest BCUT2D eigenvalue weighted by Crippen LogP contribution is -2.25. The predicted molar refractivity (Wildman–Crippen MR) is 123 cm³/mol. The van der Waals surface area contributed by atoms with Crippen LogP contribution in [0.1, 0.15) is 96.0 Å². The van der Waals surface area contributed by atoms with Crippen molar-refractivity contribution >= 4 is 0 Å². The largest absolute Gasteiger partial charge is 0.486 e. The molecule has 0 radical (unpaired) electrons. The van der Waals surface area contributed by atoms with Crippen LogP contribution in [0.5, 0.6) is 5.75 Å². The highest BCUT2D eigenvalue weighted by atomic mass is 19.2. The van der Waals surface area contributed by atoms with Crippen molar-refractivity contribution in [3.8, 4) is 5.75 Å². The maximum Gasteiger partial charge on any atom is 0.162 e. The third-order valence-electron chi connectivity index (χ3n) is 8.32. The Kier molecular flexibility index (Phi) is 8.07. The molecule has 1 unspecified atom stereocenters. The summed E-state index contributed by atoms with van der Waals surface area (Å²) in [4.78, 5) is 0. The van der Waals surface area contributed by atoms with E-state index in [1.54, 1.807) is 0 Å². The van der Waals surface area contributed by atoms with Gasteiger partial charge in [-0.2, -0.15) is 0 Å². The van der Waals surface area contributed by atoms with Gasteiger partial charge in [-0.3, -0.25) is 0 Å². The van der Waals surface area contributed by atoms with Crippen LogP contribution in [0.2, 0.25) is 0 Å². The molecule has 1 nitrogen and oxygen atoms in total. The van der Waals surface area contributed by atoms with Crippen molar-refractivity contribution in [1.29, 1.82) is 0 Å². The topological polar surface area (TPSA) is 9.23 Å². The number of allylic oxidation sites excluding steroid dienone is 1. The van der Waals surface area contributed by atoms with Gasteiger partial charge in [0.15, 0.2) is 11.6 Å². The molecule has 0 spiro atoms. The highest BCUT2D eigenvalue weighted by Gasteiger charge is 2.30. The summed E-state index contributed by atoms with van der Waals surface area (Å²) in [7, 11) is 0. The summed E-state index contributed by atoms with van der Waals surface area (Å²) < 4.78 is 32.7. The van der Waals surface area contributed by atoms with Crippen LogP contribution in [-0.2, 0) is 6.42 Å². The number of benzene rings is 1. The number of rotatable bonds is 7. The van der Waals surface area contributed by atoms with Gasteiger partial charge in [0, 0.05) is 6.07 Å². The van der Waals surface area contributed by atoms with Crippen LogP contribution in [0, 0.1) is 35.3 Å². The maximum absolute atomic E-state index is 13.5. The molecule has 1 aliphatic heterocycles. The molecule has 3 heteroatoms. The van der Waals surface area contributed by atoms with Crippen LogP contribution in [0.15, 0.2) is 24.3 Å². The van der Waals surface area contributed by atoms with Gasteiger partial charge in [0.2, 0.25) is 0 Å². The zero-order valence-electron chi connectivity index (χ0n) is 19.3. The van der Waals surface area contributed by atoms with Crippen molar-refractivity contribution in [2.24, 2.45) is 23.7 Å². The molecule has 2 saturated carbocycles. The molecule has 4 rings (SSSR count). The highest BCUT2D eigenvalue weighted by Crippen LogP contribution is 2.43. The van der Waals surface area contributed by atoms with E-state index in [-0.39, 0.29) is 6.10 Å². The number of fused-ring (bicyclic) bond motifs is 1. The van der Waals surface area contributed by atoms with Crippen molar-refractivity contribution in [3.05, 3.63) is 41.5 Å². The Labute approximate surface area is 187 Å². The molecule has 31 heavy (non-hydrogen) atoms. The Balaban J connectivity index is 1.14. The molecular formula is C28H40F2O. The first-order valence-electron chi connectivity index (χ1n) is 12.9. The van der Waals surface area contributed by atoms with Crippen LogP contribution in [0.3, 0.4) is 0 Å². The van der Waals surface area contributed by atoms with Crippen LogP contribution < -0.4 is 4.74 Å². The van der Waals surface area contributed by atoms with Gasteiger partial charge < -0.3 is 4.74 Å². The quantitative estimate of drug-likeness (QED) is 0.395. The van der Waals surface area contributed by atoms with Gasteiger partial charge in [0.1, 0.15) is 11.9 Å². The summed E-state index contributed by atoms with van der Waals surface area (Å²) in [5, 5.41) is 0. The molecule has 2 aliphatic carbocycles. The molecule has 0 saturated heterocycles. The number of hydrogen-bond donors (Lipinski definition) is 0. The van der Waals surface area contributed by atoms with Crippen molar-refractivity contribution in [2.45, 2.75) is 103 Å². The summed E-state index contributed by atoms with van der Waals surface area (Å²) in [6, 6.07) is 2.47. The lowest BCUT2D eigenvalue weighted by molar-refractivity contribution is 0.141. The Bertz CT molecular complexity index is 727. The van der Waals surface area contributed by atoms with E-state index in [4.69, 9.17) is 4.74 Å². The second kappa shape index (κ2) is 11.0. The molecule has 1 heterocycles. The Morgan fingerprint density at radius 1 is 0.839 bits per heavy atom. The molecular weight excluding hydrogens is 390 g/mol. The minimum atomic E-state index is -0.826. The molecule has 1 aromatic rings. The summed E-state index contributed by atoms with van der Waals surface area (Å²) in [5.41, 5.74) is 0.777. The summed E-state index contributed by atoms with van der Waals surface area (Å²) >= 11 is 0. The number of aryl methyl sites for hydroxylation is 1. The Morgan fingerprint density at radius 3 is 2.10 bits per heavy atom. The molecule has 3 aliphatic rings. The van der Waals surface area contributed by atoms with E-state index in [2.05, 4.69) is 19.1 Å². The minimum Gasteiger partial charge on any atom is -0.486 e. The fourth-order valence-corrected chi connectivity index (χ4v) is 6.41. The molecule has 0 aromatic heterocycles. The molecule has 1 atom stereocenters. The van der Waals surface area contributed by atoms with E-state index in [0.717, 1.165) is 48.5 Å². The summed E-state index contributed by atoms with van der Waals surface area (Å²) in [6.07, 6.45) is 22.8. The van der Waals surface area contributed by atoms with Crippen molar-refractivity contribution in [2.75, 3.05) is 0 Å². The number of ether oxygens (including phenoxy) is 1. The fraction of sp³-hybridized carbons (Fsp3) is 0.714. The minimum absolute atomic E-state index is 0.0177. The average molecular weight is 431 g/mol. The summed E-state index contributed by atoms with van der Waals surface area (Å²) in [5.74, 6) is 2.80. The molecule has 0 bridgehead atoms. The molecule has 0 N–H and O–H groups in total. The Hall–Kier alpha value is -1.38. The van der Waals surface area contributed by atoms with E-state index in [0.29, 0.717) is 5.75 Å². The first-order chi connectivity index (χ1) is 15.1. The van der Waals surface area contributed by atoms with Crippen molar-refractivity contribution in [1.82, 2.24) is 0 Å².